The molecule has 0 amide bonds. The summed E-state index contributed by atoms with van der Waals surface area (Å²) in [6.45, 7) is 0.226. The van der Waals surface area contributed by atoms with E-state index in [0.717, 1.165) is 27.0 Å². The Hall–Kier alpha value is -1.46. The lowest BCUT2D eigenvalue weighted by Crippen LogP contribution is -1.99. The molecule has 104 valence electrons. The largest absolute Gasteiger partial charge is 0.466 e. The highest BCUT2D eigenvalue weighted by Gasteiger charge is 2.25. The molecule has 2 aromatic rings. The molecule has 0 bridgehead atoms. The van der Waals surface area contributed by atoms with E-state index in [2.05, 4.69) is 32.2 Å². The van der Waals surface area contributed by atoms with Gasteiger partial charge in [0.2, 0.25) is 0 Å². The van der Waals surface area contributed by atoms with Crippen LogP contribution in [0.4, 0.5) is 0 Å². The molecular formula is C15H15BrN2O2. The summed E-state index contributed by atoms with van der Waals surface area (Å²) in [5, 5.41) is 8.32. The molecule has 1 fully saturated rings. The van der Waals surface area contributed by atoms with Gasteiger partial charge in [0, 0.05) is 18.6 Å². The second kappa shape index (κ2) is 5.89. The molecule has 0 unspecified atom stereocenters. The third-order valence-electron chi connectivity index (χ3n) is 3.27. The second-order valence-electron chi connectivity index (χ2n) is 4.84. The number of methoxy groups -OCH3 is 1. The first kappa shape index (κ1) is 13.5. The molecule has 0 N–H and O–H groups in total. The Bertz CT molecular complexity index is 615. The molecule has 1 aliphatic carbocycles. The zero-order valence-electron chi connectivity index (χ0n) is 11.2. The van der Waals surface area contributed by atoms with Crippen LogP contribution in [-0.4, -0.2) is 24.1 Å². The molecule has 1 saturated carbocycles. The first-order valence-corrected chi connectivity index (χ1v) is 7.31. The van der Waals surface area contributed by atoms with Crippen molar-refractivity contribution in [2.75, 3.05) is 13.9 Å². The lowest BCUT2D eigenvalue weighted by Gasteiger charge is -2.09. The molecule has 5 heteroatoms. The number of hydrogen-bond acceptors (Lipinski definition) is 4. The molecule has 1 heterocycles. The smallest absolute Gasteiger partial charge is 0.188 e. The Kier molecular flexibility index (Phi) is 3.98. The first-order chi connectivity index (χ1) is 9.78. The Morgan fingerprint density at radius 3 is 2.85 bits per heavy atom. The van der Waals surface area contributed by atoms with Crippen LogP contribution < -0.4 is 4.74 Å². The zero-order valence-corrected chi connectivity index (χ0v) is 12.8. The molecule has 1 aromatic heterocycles. The Labute approximate surface area is 126 Å². The van der Waals surface area contributed by atoms with E-state index in [1.165, 1.54) is 12.8 Å². The van der Waals surface area contributed by atoms with Crippen LogP contribution in [0.1, 0.15) is 24.5 Å². The topological polar surface area (TPSA) is 44.2 Å². The van der Waals surface area contributed by atoms with Gasteiger partial charge in [-0.3, -0.25) is 0 Å². The van der Waals surface area contributed by atoms with Crippen LogP contribution in [0.2, 0.25) is 0 Å². The lowest BCUT2D eigenvalue weighted by atomic mass is 10.1. The monoisotopic (exact) mass is 334 g/mol. The van der Waals surface area contributed by atoms with E-state index >= 15 is 0 Å². The van der Waals surface area contributed by atoms with E-state index in [9.17, 15) is 0 Å². The number of ether oxygens (including phenoxy) is 2. The summed E-state index contributed by atoms with van der Waals surface area (Å²) in [4.78, 5) is 0. The summed E-state index contributed by atoms with van der Waals surface area (Å²) < 4.78 is 11.4. The van der Waals surface area contributed by atoms with Gasteiger partial charge in [-0.15, -0.1) is 0 Å². The predicted octanol–water partition coefficient (Wildman–Crippen LogP) is 3.77. The van der Waals surface area contributed by atoms with E-state index in [4.69, 9.17) is 9.47 Å². The van der Waals surface area contributed by atoms with Gasteiger partial charge in [0.25, 0.3) is 0 Å². The van der Waals surface area contributed by atoms with Crippen LogP contribution in [0.3, 0.4) is 0 Å². The van der Waals surface area contributed by atoms with Gasteiger partial charge in [-0.2, -0.15) is 10.2 Å². The van der Waals surface area contributed by atoms with Crippen molar-refractivity contribution in [1.82, 2.24) is 10.2 Å². The second-order valence-corrected chi connectivity index (χ2v) is 5.69. The van der Waals surface area contributed by atoms with E-state index < -0.39 is 0 Å². The zero-order chi connectivity index (χ0) is 13.9. The third kappa shape index (κ3) is 2.99. The molecule has 0 radical (unpaired) electrons. The van der Waals surface area contributed by atoms with Crippen molar-refractivity contribution in [2.24, 2.45) is 0 Å². The summed E-state index contributed by atoms with van der Waals surface area (Å²) in [5.74, 6) is 1.36. The van der Waals surface area contributed by atoms with Gasteiger partial charge in [-0.1, -0.05) is 6.07 Å². The molecule has 0 aliphatic heterocycles. The van der Waals surface area contributed by atoms with Crippen molar-refractivity contribution in [2.45, 2.75) is 18.8 Å². The molecular weight excluding hydrogens is 320 g/mol. The minimum absolute atomic E-state index is 0.226. The van der Waals surface area contributed by atoms with Gasteiger partial charge in [-0.05, 0) is 52.5 Å². The van der Waals surface area contributed by atoms with Crippen molar-refractivity contribution in [3.8, 4) is 16.9 Å². The summed E-state index contributed by atoms with van der Waals surface area (Å²) in [7, 11) is 1.60. The maximum atomic E-state index is 5.53. The fourth-order valence-electron chi connectivity index (χ4n) is 2.04. The predicted molar refractivity (Wildman–Crippen MR) is 79.6 cm³/mol. The molecule has 3 rings (SSSR count). The van der Waals surface area contributed by atoms with Crippen molar-refractivity contribution < 1.29 is 9.47 Å². The summed E-state index contributed by atoms with van der Waals surface area (Å²) in [5.41, 5.74) is 3.22. The summed E-state index contributed by atoms with van der Waals surface area (Å²) in [6.07, 6.45) is 4.23. The van der Waals surface area contributed by atoms with E-state index in [1.54, 1.807) is 13.3 Å². The minimum Gasteiger partial charge on any atom is -0.466 e. The number of benzene rings is 1. The number of nitrogens with zero attached hydrogens (tertiary/aromatic N) is 2. The van der Waals surface area contributed by atoms with Gasteiger partial charge in [0.15, 0.2) is 6.79 Å². The highest BCUT2D eigenvalue weighted by atomic mass is 79.9. The molecule has 20 heavy (non-hydrogen) atoms. The quantitative estimate of drug-likeness (QED) is 0.781. The summed E-state index contributed by atoms with van der Waals surface area (Å²) in [6, 6.07) is 8.11. The van der Waals surface area contributed by atoms with Crippen LogP contribution >= 0.6 is 15.9 Å². The fraction of sp³-hybridized carbons (Fsp3) is 0.333. The number of halogens is 1. The average molecular weight is 335 g/mol. The highest BCUT2D eigenvalue weighted by Crippen LogP contribution is 2.40. The van der Waals surface area contributed by atoms with Gasteiger partial charge >= 0.3 is 0 Å². The minimum atomic E-state index is 0.226. The maximum Gasteiger partial charge on any atom is 0.188 e. The van der Waals surface area contributed by atoms with Crippen LogP contribution in [0.15, 0.2) is 34.9 Å². The van der Waals surface area contributed by atoms with Gasteiger partial charge in [-0.25, -0.2) is 0 Å². The standard InChI is InChI=1S/C15H15BrN2O2/c1-19-9-20-15-7-11(4-5-13(15)16)12-6-14(10-2-3-10)18-17-8-12/h4-8,10H,2-3,9H2,1H3. The van der Waals surface area contributed by atoms with Crippen LogP contribution in [-0.2, 0) is 4.74 Å². The van der Waals surface area contributed by atoms with Crippen molar-refractivity contribution in [1.29, 1.82) is 0 Å². The fourth-order valence-corrected chi connectivity index (χ4v) is 2.40. The Morgan fingerprint density at radius 2 is 2.10 bits per heavy atom. The highest BCUT2D eigenvalue weighted by molar-refractivity contribution is 9.10. The van der Waals surface area contributed by atoms with Crippen LogP contribution in [0.5, 0.6) is 5.75 Å². The molecule has 0 saturated heterocycles. The number of hydrogen-bond donors (Lipinski definition) is 0. The van der Waals surface area contributed by atoms with E-state index in [1.807, 2.05) is 18.2 Å². The van der Waals surface area contributed by atoms with Crippen LogP contribution in [0.25, 0.3) is 11.1 Å². The molecule has 4 nitrogen and oxygen atoms in total. The SMILES string of the molecule is COCOc1cc(-c2cnnc(C3CC3)c2)ccc1Br. The molecule has 1 aromatic carbocycles. The van der Waals surface area contributed by atoms with Crippen molar-refractivity contribution in [3.63, 3.8) is 0 Å². The Morgan fingerprint density at radius 1 is 1.25 bits per heavy atom. The Balaban J connectivity index is 1.90. The molecule has 0 spiro atoms. The first-order valence-electron chi connectivity index (χ1n) is 6.52. The van der Waals surface area contributed by atoms with Gasteiger partial charge < -0.3 is 9.47 Å². The van der Waals surface area contributed by atoms with Crippen molar-refractivity contribution >= 4 is 15.9 Å². The normalized spacial score (nSPS) is 14.3. The molecule has 0 atom stereocenters. The number of rotatable bonds is 5. The van der Waals surface area contributed by atoms with E-state index in [-0.39, 0.29) is 6.79 Å². The third-order valence-corrected chi connectivity index (χ3v) is 3.92. The van der Waals surface area contributed by atoms with E-state index in [0.29, 0.717) is 5.92 Å². The average Bonchev–Trinajstić information content (AvgIpc) is 3.31. The van der Waals surface area contributed by atoms with Crippen LogP contribution in [0, 0.1) is 0 Å². The summed E-state index contributed by atoms with van der Waals surface area (Å²) >= 11 is 3.47. The number of aromatic nitrogens is 2. The lowest BCUT2D eigenvalue weighted by molar-refractivity contribution is 0.0506. The maximum absolute atomic E-state index is 5.53. The van der Waals surface area contributed by atoms with Gasteiger partial charge in [0.1, 0.15) is 5.75 Å². The van der Waals surface area contributed by atoms with Crippen molar-refractivity contribution in [3.05, 3.63) is 40.6 Å². The molecule has 1 aliphatic rings. The van der Waals surface area contributed by atoms with Gasteiger partial charge in [0.05, 0.1) is 16.4 Å².